The monoisotopic (exact) mass is 649 g/mol. The van der Waals surface area contributed by atoms with E-state index in [1.165, 1.54) is 36.9 Å². The third kappa shape index (κ3) is 7.75. The summed E-state index contributed by atoms with van der Waals surface area (Å²) in [5, 5.41) is 37.8. The number of carbonyl (C=O) groups excluding carboxylic acids is 1. The molecule has 1 aliphatic carbocycles. The lowest BCUT2D eigenvalue weighted by Crippen LogP contribution is -2.30. The molecule has 12 heteroatoms. The highest BCUT2D eigenvalue weighted by Gasteiger charge is 2.11. The van der Waals surface area contributed by atoms with Crippen LogP contribution in [0.15, 0.2) is 89.6 Å². The van der Waals surface area contributed by atoms with Gasteiger partial charge >= 0.3 is 0 Å². The van der Waals surface area contributed by atoms with Crippen LogP contribution in [-0.2, 0) is 4.79 Å². The highest BCUT2D eigenvalue weighted by Crippen LogP contribution is 2.20. The fourth-order valence-corrected chi connectivity index (χ4v) is 3.68. The summed E-state index contributed by atoms with van der Waals surface area (Å²) in [6.45, 7) is 0. The summed E-state index contributed by atoms with van der Waals surface area (Å²) in [6, 6.07) is 9.56. The van der Waals surface area contributed by atoms with E-state index >= 15 is 0 Å². The van der Waals surface area contributed by atoms with Gasteiger partial charge in [-0.25, -0.2) is 10.9 Å². The highest BCUT2D eigenvalue weighted by molar-refractivity contribution is 9.10. The minimum absolute atomic E-state index is 0.00419. The standard InChI is InChI=1S/C22H17Br3N6O3/c23-16-1-4-19(32)13(7-16)10-26-29-22(30-27-11-14-8-17(24)2-5-20(14)33)31-28-12-15-9-18(25)3-6-21(15)34/h1-12,16,33-34H,(H2,29,30,31)/p-1/b26-10?,27-11+,28-12+. The number of hydrazone groups is 2. The van der Waals surface area contributed by atoms with Crippen LogP contribution in [0.25, 0.3) is 0 Å². The number of hydrogen-bond acceptors (Lipinski definition) is 7. The molecule has 0 saturated heterocycles. The maximum absolute atomic E-state index is 11.9. The number of allylic oxidation sites excluding steroid dienone is 4. The van der Waals surface area contributed by atoms with Crippen molar-refractivity contribution >= 4 is 78.2 Å². The first kappa shape index (κ1) is 25.5. The molecule has 174 valence electrons. The fourth-order valence-electron chi connectivity index (χ4n) is 2.48. The smallest absolute Gasteiger partial charge is 0.257 e. The first-order valence-electron chi connectivity index (χ1n) is 9.54. The van der Waals surface area contributed by atoms with Gasteiger partial charge in [-0.15, -0.1) is 5.10 Å². The number of rotatable bonds is 6. The van der Waals surface area contributed by atoms with Gasteiger partial charge in [-0.1, -0.05) is 71.8 Å². The molecule has 0 fully saturated rings. The second kappa shape index (κ2) is 12.4. The summed E-state index contributed by atoms with van der Waals surface area (Å²) in [6.07, 6.45) is 8.86. The zero-order chi connectivity index (χ0) is 24.5. The molecule has 0 aromatic heterocycles. The van der Waals surface area contributed by atoms with E-state index in [2.05, 4.69) is 79.0 Å². The minimum Gasteiger partial charge on any atom is -0.872 e. The van der Waals surface area contributed by atoms with Gasteiger partial charge in [0.2, 0.25) is 0 Å². The van der Waals surface area contributed by atoms with Crippen LogP contribution >= 0.6 is 47.8 Å². The van der Waals surface area contributed by atoms with Gasteiger partial charge in [-0.05, 0) is 42.0 Å². The molecule has 1 aliphatic rings. The van der Waals surface area contributed by atoms with Crippen molar-refractivity contribution in [2.75, 3.05) is 0 Å². The molecule has 3 N–H and O–H groups in total. The number of alkyl halides is 1. The molecule has 3 rings (SSSR count). The van der Waals surface area contributed by atoms with Crippen LogP contribution in [0.1, 0.15) is 11.1 Å². The lowest BCUT2D eigenvalue weighted by atomic mass is 10.1. The van der Waals surface area contributed by atoms with Crippen LogP contribution < -0.4 is 16.0 Å². The van der Waals surface area contributed by atoms with E-state index in [1.54, 1.807) is 36.4 Å². The van der Waals surface area contributed by atoms with Gasteiger partial charge in [0.25, 0.3) is 5.96 Å². The number of halogens is 3. The first-order chi connectivity index (χ1) is 16.3. The molecule has 0 bridgehead atoms. The van der Waals surface area contributed by atoms with Crippen LogP contribution in [0.2, 0.25) is 0 Å². The number of aromatic hydroxyl groups is 1. The van der Waals surface area contributed by atoms with Gasteiger partial charge in [-0.3, -0.25) is 4.79 Å². The molecule has 1 atom stereocenters. The van der Waals surface area contributed by atoms with Crippen LogP contribution in [0, 0.1) is 0 Å². The van der Waals surface area contributed by atoms with Crippen molar-refractivity contribution in [3.8, 4) is 11.5 Å². The van der Waals surface area contributed by atoms with E-state index in [-0.39, 0.29) is 28.1 Å². The fraction of sp³-hybridized carbons (Fsp3) is 0.0455. The van der Waals surface area contributed by atoms with Gasteiger partial charge in [0.1, 0.15) is 5.75 Å². The molecule has 1 unspecified atom stereocenters. The lowest BCUT2D eigenvalue weighted by Gasteiger charge is -2.09. The van der Waals surface area contributed by atoms with Crippen molar-refractivity contribution in [2.45, 2.75) is 4.83 Å². The molecule has 0 spiro atoms. The molecule has 2 aromatic carbocycles. The predicted molar refractivity (Wildman–Crippen MR) is 142 cm³/mol. The largest absolute Gasteiger partial charge is 0.872 e. The topological polar surface area (TPSA) is 134 Å². The van der Waals surface area contributed by atoms with Gasteiger partial charge in [-0.2, -0.15) is 15.3 Å². The van der Waals surface area contributed by atoms with Gasteiger partial charge < -0.3 is 10.2 Å². The normalized spacial score (nSPS) is 16.6. The molecule has 0 heterocycles. The lowest BCUT2D eigenvalue weighted by molar-refractivity contribution is -0.268. The number of carbonyl (C=O) groups is 1. The Bertz CT molecular complexity index is 1190. The highest BCUT2D eigenvalue weighted by atomic mass is 79.9. The summed E-state index contributed by atoms with van der Waals surface area (Å²) in [4.78, 5) is 11.9. The third-order valence-electron chi connectivity index (χ3n) is 4.12. The predicted octanol–water partition coefficient (Wildman–Crippen LogP) is 3.71. The van der Waals surface area contributed by atoms with Crippen LogP contribution in [0.4, 0.5) is 0 Å². The van der Waals surface area contributed by atoms with E-state index in [9.17, 15) is 15.0 Å². The Morgan fingerprint density at radius 2 is 1.65 bits per heavy atom. The van der Waals surface area contributed by atoms with Gasteiger partial charge in [0.15, 0.2) is 5.78 Å². The molecule has 0 saturated carbocycles. The minimum atomic E-state index is -0.207. The van der Waals surface area contributed by atoms with E-state index in [0.29, 0.717) is 16.7 Å². The van der Waals surface area contributed by atoms with Crippen molar-refractivity contribution in [3.63, 3.8) is 0 Å². The number of nitrogens with one attached hydrogen (secondary N) is 2. The van der Waals surface area contributed by atoms with Gasteiger partial charge in [0.05, 0.1) is 23.5 Å². The number of hydrogen-bond donors (Lipinski definition) is 3. The summed E-state index contributed by atoms with van der Waals surface area (Å²) < 4.78 is 1.49. The third-order valence-corrected chi connectivity index (χ3v) is 5.67. The van der Waals surface area contributed by atoms with Gasteiger partial charge in [0, 0.05) is 20.1 Å². The molecule has 0 amide bonds. The molecular weight excluding hydrogens is 636 g/mol. The maximum Gasteiger partial charge on any atom is 0.257 e. The Morgan fingerprint density at radius 3 is 2.38 bits per heavy atom. The number of guanidine groups is 1. The quantitative estimate of drug-likeness (QED) is 0.190. The SMILES string of the molecule is O=C1C=CC(Br)C=C1C=NN=C(N/N=C/c1cc(Br)ccc1[O-])N/N=C/c1cc(Br)ccc1O. The molecule has 9 nitrogen and oxygen atoms in total. The summed E-state index contributed by atoms with van der Waals surface area (Å²) in [7, 11) is 0. The van der Waals surface area contributed by atoms with Crippen molar-refractivity contribution in [1.29, 1.82) is 0 Å². The van der Waals surface area contributed by atoms with Crippen LogP contribution in [0.5, 0.6) is 11.5 Å². The number of benzene rings is 2. The van der Waals surface area contributed by atoms with E-state index < -0.39 is 0 Å². The number of phenolic OH excluding ortho intramolecular Hbond substituents is 1. The Morgan fingerprint density at radius 1 is 1.00 bits per heavy atom. The van der Waals surface area contributed by atoms with E-state index in [1.807, 2.05) is 0 Å². The maximum atomic E-state index is 11.9. The second-order valence-electron chi connectivity index (χ2n) is 6.61. The molecule has 2 aromatic rings. The Hall–Kier alpha value is -3.09. The Balaban J connectivity index is 1.77. The number of phenols is 1. The first-order valence-corrected chi connectivity index (χ1v) is 12.0. The molecule has 34 heavy (non-hydrogen) atoms. The van der Waals surface area contributed by atoms with Crippen molar-refractivity contribution < 1.29 is 15.0 Å². The average Bonchev–Trinajstić information content (AvgIpc) is 2.80. The van der Waals surface area contributed by atoms with E-state index in [0.717, 1.165) is 8.95 Å². The van der Waals surface area contributed by atoms with Crippen molar-refractivity contribution in [2.24, 2.45) is 20.4 Å². The summed E-state index contributed by atoms with van der Waals surface area (Å²) >= 11 is 10.0. The molecular formula is C22H16Br3N6O3-. The number of ketones is 1. The zero-order valence-electron chi connectivity index (χ0n) is 17.2. The average molecular weight is 652 g/mol. The van der Waals surface area contributed by atoms with Crippen LogP contribution in [-0.4, -0.2) is 40.3 Å². The molecule has 0 radical (unpaired) electrons. The van der Waals surface area contributed by atoms with E-state index in [4.69, 9.17) is 0 Å². The summed E-state index contributed by atoms with van der Waals surface area (Å²) in [5.41, 5.74) is 6.40. The Kier molecular flexibility index (Phi) is 9.31. The second-order valence-corrected chi connectivity index (χ2v) is 9.50. The number of nitrogens with zero attached hydrogens (tertiary/aromatic N) is 4. The Labute approximate surface area is 220 Å². The molecule has 0 aliphatic heterocycles. The summed E-state index contributed by atoms with van der Waals surface area (Å²) in [5.74, 6) is -0.373. The van der Waals surface area contributed by atoms with Crippen LogP contribution in [0.3, 0.4) is 0 Å². The van der Waals surface area contributed by atoms with Crippen molar-refractivity contribution in [3.05, 3.63) is 80.3 Å². The van der Waals surface area contributed by atoms with Crippen molar-refractivity contribution in [1.82, 2.24) is 10.9 Å². The zero-order valence-corrected chi connectivity index (χ0v) is 22.0.